The van der Waals surface area contributed by atoms with Gasteiger partial charge >= 0.3 is 0 Å². The molecule has 0 aromatic heterocycles. The van der Waals surface area contributed by atoms with Gasteiger partial charge < -0.3 is 5.11 Å². The molecule has 0 saturated heterocycles. The molecule has 0 bridgehead atoms. The average Bonchev–Trinajstić information content (AvgIpc) is 2.18. The van der Waals surface area contributed by atoms with Gasteiger partial charge in [0.05, 0.1) is 16.8 Å². The minimum atomic E-state index is -3.42. The maximum absolute atomic E-state index is 12.2. The normalized spacial score (nSPS) is 14.1. The summed E-state index contributed by atoms with van der Waals surface area (Å²) in [6, 6.07) is 6.72. The van der Waals surface area contributed by atoms with Gasteiger partial charge in [-0.1, -0.05) is 31.5 Å². The van der Waals surface area contributed by atoms with E-state index in [-0.39, 0.29) is 17.4 Å². The molecule has 1 aromatic rings. The lowest BCUT2D eigenvalue weighted by Crippen LogP contribution is -2.30. The van der Waals surface area contributed by atoms with E-state index in [1.807, 2.05) is 6.92 Å². The Bertz CT molecular complexity index is 432. The zero-order valence-electron chi connectivity index (χ0n) is 9.84. The molecule has 1 unspecified atom stereocenters. The molecule has 1 N–H and O–H groups in total. The van der Waals surface area contributed by atoms with Crippen LogP contribution >= 0.6 is 0 Å². The minimum absolute atomic E-state index is 0.101. The van der Waals surface area contributed by atoms with Gasteiger partial charge in [0.2, 0.25) is 0 Å². The van der Waals surface area contributed by atoms with Gasteiger partial charge in [-0.2, -0.15) is 0 Å². The summed E-state index contributed by atoms with van der Waals surface area (Å²) in [5.74, 6) is -0.101. The van der Waals surface area contributed by atoms with Crippen LogP contribution in [0.1, 0.15) is 19.4 Å². The predicted molar refractivity (Wildman–Crippen MR) is 64.1 cm³/mol. The Labute approximate surface area is 97.0 Å². The third-order valence-corrected chi connectivity index (χ3v) is 5.09. The Morgan fingerprint density at radius 3 is 2.06 bits per heavy atom. The fourth-order valence-corrected chi connectivity index (χ4v) is 3.35. The largest absolute Gasteiger partial charge is 0.395 e. The van der Waals surface area contributed by atoms with E-state index in [0.717, 1.165) is 5.56 Å². The second-order valence-corrected chi connectivity index (χ2v) is 6.49. The van der Waals surface area contributed by atoms with Crippen LogP contribution in [0.2, 0.25) is 0 Å². The summed E-state index contributed by atoms with van der Waals surface area (Å²) >= 11 is 0. The Morgan fingerprint density at radius 2 is 1.69 bits per heavy atom. The van der Waals surface area contributed by atoms with Gasteiger partial charge in [0.1, 0.15) is 0 Å². The Morgan fingerprint density at radius 1 is 1.19 bits per heavy atom. The molecule has 1 aromatic carbocycles. The fourth-order valence-electron chi connectivity index (χ4n) is 1.57. The monoisotopic (exact) mass is 242 g/mol. The summed E-state index contributed by atoms with van der Waals surface area (Å²) in [5, 5.41) is 8.44. The van der Waals surface area contributed by atoms with Crippen molar-refractivity contribution in [3.05, 3.63) is 29.8 Å². The smallest absolute Gasteiger partial charge is 0.183 e. The van der Waals surface area contributed by atoms with Crippen LogP contribution in [0.4, 0.5) is 0 Å². The number of benzene rings is 1. The number of aliphatic hydroxyl groups is 1. The van der Waals surface area contributed by atoms with Gasteiger partial charge in [0.15, 0.2) is 9.84 Å². The summed E-state index contributed by atoms with van der Waals surface area (Å²) in [5.41, 5.74) is 1.02. The van der Waals surface area contributed by atoms with Crippen molar-refractivity contribution in [1.29, 1.82) is 0 Å². The van der Waals surface area contributed by atoms with Crippen LogP contribution in [-0.4, -0.2) is 25.4 Å². The summed E-state index contributed by atoms with van der Waals surface area (Å²) in [4.78, 5) is 0.283. The lowest BCUT2D eigenvalue weighted by Gasteiger charge is -2.18. The lowest BCUT2D eigenvalue weighted by atomic mass is 10.1. The molecular weight excluding hydrogens is 224 g/mol. The van der Waals surface area contributed by atoms with Crippen molar-refractivity contribution < 1.29 is 13.5 Å². The van der Waals surface area contributed by atoms with Crippen LogP contribution in [0.25, 0.3) is 0 Å². The average molecular weight is 242 g/mol. The number of aliphatic hydroxyl groups excluding tert-OH is 1. The van der Waals surface area contributed by atoms with Crippen LogP contribution in [0, 0.1) is 12.8 Å². The molecule has 0 aliphatic carbocycles. The highest BCUT2D eigenvalue weighted by molar-refractivity contribution is 7.92. The highest BCUT2D eigenvalue weighted by atomic mass is 32.2. The van der Waals surface area contributed by atoms with Gasteiger partial charge in [-0.3, -0.25) is 0 Å². The highest BCUT2D eigenvalue weighted by Crippen LogP contribution is 2.21. The molecule has 1 atom stereocenters. The summed E-state index contributed by atoms with van der Waals surface area (Å²) < 4.78 is 24.3. The maximum Gasteiger partial charge on any atom is 0.183 e. The van der Waals surface area contributed by atoms with Crippen molar-refractivity contribution in [3.8, 4) is 0 Å². The Balaban J connectivity index is 3.15. The second-order valence-electron chi connectivity index (χ2n) is 4.32. The van der Waals surface area contributed by atoms with Crippen molar-refractivity contribution in [2.75, 3.05) is 6.61 Å². The van der Waals surface area contributed by atoms with Crippen LogP contribution in [0.3, 0.4) is 0 Å². The van der Waals surface area contributed by atoms with Gasteiger partial charge in [-0.05, 0) is 25.0 Å². The molecule has 90 valence electrons. The van der Waals surface area contributed by atoms with Crippen LogP contribution in [-0.2, 0) is 9.84 Å². The zero-order valence-corrected chi connectivity index (χ0v) is 10.7. The van der Waals surface area contributed by atoms with Crippen molar-refractivity contribution in [2.45, 2.75) is 30.9 Å². The molecule has 4 heteroatoms. The molecule has 0 aliphatic heterocycles. The van der Waals surface area contributed by atoms with Gasteiger partial charge in [-0.25, -0.2) is 8.42 Å². The lowest BCUT2D eigenvalue weighted by molar-refractivity contribution is 0.269. The summed E-state index contributed by atoms with van der Waals surface area (Å²) in [7, 11) is -3.42. The molecule has 0 saturated carbocycles. The molecule has 0 radical (unpaired) electrons. The summed E-state index contributed by atoms with van der Waals surface area (Å²) in [6.45, 7) is 5.16. The van der Waals surface area contributed by atoms with Crippen molar-refractivity contribution in [1.82, 2.24) is 0 Å². The van der Waals surface area contributed by atoms with E-state index in [4.69, 9.17) is 5.11 Å². The van der Waals surface area contributed by atoms with Crippen molar-refractivity contribution >= 4 is 9.84 Å². The molecule has 1 rings (SSSR count). The fraction of sp³-hybridized carbons (Fsp3) is 0.500. The first-order valence-corrected chi connectivity index (χ1v) is 6.85. The topological polar surface area (TPSA) is 54.4 Å². The first kappa shape index (κ1) is 13.2. The van der Waals surface area contributed by atoms with E-state index in [1.54, 1.807) is 38.1 Å². The molecule has 0 heterocycles. The minimum Gasteiger partial charge on any atom is -0.395 e. The van der Waals surface area contributed by atoms with Gasteiger partial charge in [0, 0.05) is 0 Å². The van der Waals surface area contributed by atoms with Gasteiger partial charge in [-0.15, -0.1) is 0 Å². The third kappa shape index (κ3) is 2.62. The number of rotatable bonds is 4. The van der Waals surface area contributed by atoms with E-state index in [1.165, 1.54) is 0 Å². The van der Waals surface area contributed by atoms with E-state index in [0.29, 0.717) is 0 Å². The first-order valence-electron chi connectivity index (χ1n) is 5.31. The molecule has 0 fully saturated rings. The second kappa shape index (κ2) is 4.97. The summed E-state index contributed by atoms with van der Waals surface area (Å²) in [6.07, 6.45) is 0. The quantitative estimate of drug-likeness (QED) is 0.875. The van der Waals surface area contributed by atoms with Crippen LogP contribution < -0.4 is 0 Å². The predicted octanol–water partition coefficient (Wildman–Crippen LogP) is 1.79. The number of hydrogen-bond donors (Lipinski definition) is 1. The first-order chi connectivity index (χ1) is 7.39. The standard InChI is InChI=1S/C12H18O3S/c1-9(2)12(8-13)16(14,15)11-6-4-10(3)5-7-11/h4-7,9,12-13H,8H2,1-3H3. The SMILES string of the molecule is Cc1ccc(S(=O)(=O)C(CO)C(C)C)cc1. The Hall–Kier alpha value is -0.870. The Kier molecular flexibility index (Phi) is 4.10. The maximum atomic E-state index is 12.2. The van der Waals surface area contributed by atoms with Gasteiger partial charge in [0.25, 0.3) is 0 Å². The molecule has 16 heavy (non-hydrogen) atoms. The highest BCUT2D eigenvalue weighted by Gasteiger charge is 2.29. The van der Waals surface area contributed by atoms with Crippen molar-refractivity contribution in [2.24, 2.45) is 5.92 Å². The van der Waals surface area contributed by atoms with Crippen LogP contribution in [0.15, 0.2) is 29.2 Å². The molecule has 3 nitrogen and oxygen atoms in total. The molecule has 0 spiro atoms. The number of sulfone groups is 1. The number of hydrogen-bond acceptors (Lipinski definition) is 3. The van der Waals surface area contributed by atoms with E-state index < -0.39 is 15.1 Å². The molecule has 0 amide bonds. The molecule has 0 aliphatic rings. The van der Waals surface area contributed by atoms with E-state index >= 15 is 0 Å². The van der Waals surface area contributed by atoms with E-state index in [2.05, 4.69) is 0 Å². The molecular formula is C12H18O3S. The van der Waals surface area contributed by atoms with Crippen molar-refractivity contribution in [3.63, 3.8) is 0 Å². The van der Waals surface area contributed by atoms with Crippen LogP contribution in [0.5, 0.6) is 0 Å². The number of aryl methyl sites for hydroxylation is 1. The third-order valence-electron chi connectivity index (χ3n) is 2.67. The zero-order chi connectivity index (χ0) is 12.3. The van der Waals surface area contributed by atoms with E-state index in [9.17, 15) is 8.42 Å².